The van der Waals surface area contributed by atoms with Crippen molar-refractivity contribution < 1.29 is 4.92 Å². The second-order valence-electron chi connectivity index (χ2n) is 6.71. The SMILES string of the molecule is Nc1nc(N)c(CCCCc2ccccc2)c(C=Cc2ccc([N+](=O)[O-])cc2)n1. The first-order valence-corrected chi connectivity index (χ1v) is 9.41. The quantitative estimate of drug-likeness (QED) is 0.337. The molecular formula is C22H23N5O2. The third-order valence-electron chi connectivity index (χ3n) is 4.61. The van der Waals surface area contributed by atoms with Crippen molar-refractivity contribution in [1.29, 1.82) is 0 Å². The molecule has 148 valence electrons. The summed E-state index contributed by atoms with van der Waals surface area (Å²) < 4.78 is 0. The highest BCUT2D eigenvalue weighted by Gasteiger charge is 2.10. The van der Waals surface area contributed by atoms with Crippen LogP contribution in [-0.4, -0.2) is 14.9 Å². The number of unbranched alkanes of at least 4 members (excludes halogenated alkanes) is 1. The van der Waals surface area contributed by atoms with E-state index in [-0.39, 0.29) is 11.6 Å². The van der Waals surface area contributed by atoms with E-state index in [1.54, 1.807) is 12.1 Å². The summed E-state index contributed by atoms with van der Waals surface area (Å²) in [7, 11) is 0. The predicted octanol–water partition coefficient (Wildman–Crippen LogP) is 4.29. The predicted molar refractivity (Wildman–Crippen MR) is 116 cm³/mol. The third kappa shape index (κ3) is 5.62. The van der Waals surface area contributed by atoms with Gasteiger partial charge in [0.25, 0.3) is 5.69 Å². The zero-order chi connectivity index (χ0) is 20.6. The van der Waals surface area contributed by atoms with Crippen molar-refractivity contribution in [2.45, 2.75) is 25.7 Å². The van der Waals surface area contributed by atoms with Crippen LogP contribution in [0, 0.1) is 10.1 Å². The second-order valence-corrected chi connectivity index (χ2v) is 6.71. The highest BCUT2D eigenvalue weighted by Crippen LogP contribution is 2.21. The van der Waals surface area contributed by atoms with Crippen molar-refractivity contribution >= 4 is 29.6 Å². The summed E-state index contributed by atoms with van der Waals surface area (Å²) in [5.41, 5.74) is 15.6. The maximum Gasteiger partial charge on any atom is 0.269 e. The molecule has 0 saturated heterocycles. The molecule has 0 aliphatic carbocycles. The molecule has 0 spiro atoms. The zero-order valence-electron chi connectivity index (χ0n) is 16.0. The fourth-order valence-electron chi connectivity index (χ4n) is 3.09. The van der Waals surface area contributed by atoms with Crippen molar-refractivity contribution in [1.82, 2.24) is 9.97 Å². The van der Waals surface area contributed by atoms with Gasteiger partial charge in [-0.15, -0.1) is 0 Å². The lowest BCUT2D eigenvalue weighted by atomic mass is 10.0. The second kappa shape index (κ2) is 9.45. The maximum absolute atomic E-state index is 10.8. The van der Waals surface area contributed by atoms with Crippen LogP contribution >= 0.6 is 0 Å². The van der Waals surface area contributed by atoms with E-state index in [2.05, 4.69) is 22.1 Å². The highest BCUT2D eigenvalue weighted by atomic mass is 16.6. The number of nitrogens with zero attached hydrogens (tertiary/aromatic N) is 3. The van der Waals surface area contributed by atoms with Gasteiger partial charge < -0.3 is 11.5 Å². The maximum atomic E-state index is 10.8. The van der Waals surface area contributed by atoms with Gasteiger partial charge in [-0.1, -0.05) is 36.4 Å². The molecule has 0 radical (unpaired) electrons. The number of nitrogens with two attached hydrogens (primary N) is 2. The summed E-state index contributed by atoms with van der Waals surface area (Å²) in [5, 5.41) is 10.8. The van der Waals surface area contributed by atoms with Crippen molar-refractivity contribution in [3.05, 3.63) is 87.1 Å². The van der Waals surface area contributed by atoms with Gasteiger partial charge in [0, 0.05) is 17.7 Å². The number of hydrogen-bond donors (Lipinski definition) is 2. The third-order valence-corrected chi connectivity index (χ3v) is 4.61. The van der Waals surface area contributed by atoms with E-state index in [1.807, 2.05) is 30.4 Å². The van der Waals surface area contributed by atoms with Crippen molar-refractivity contribution in [2.75, 3.05) is 11.5 Å². The van der Waals surface area contributed by atoms with E-state index in [1.165, 1.54) is 17.7 Å². The van der Waals surface area contributed by atoms with Crippen molar-refractivity contribution in [3.63, 3.8) is 0 Å². The molecule has 3 rings (SSSR count). The number of nitro groups is 1. The van der Waals surface area contributed by atoms with Crippen LogP contribution in [0.1, 0.15) is 35.2 Å². The van der Waals surface area contributed by atoms with Gasteiger partial charge in [0.05, 0.1) is 10.6 Å². The first-order valence-electron chi connectivity index (χ1n) is 9.41. The monoisotopic (exact) mass is 389 g/mol. The van der Waals surface area contributed by atoms with Gasteiger partial charge in [0.15, 0.2) is 0 Å². The summed E-state index contributed by atoms with van der Waals surface area (Å²) in [4.78, 5) is 18.8. The minimum absolute atomic E-state index is 0.0526. The van der Waals surface area contributed by atoms with E-state index in [9.17, 15) is 10.1 Å². The number of aryl methyl sites for hydroxylation is 1. The largest absolute Gasteiger partial charge is 0.383 e. The summed E-state index contributed by atoms with van der Waals surface area (Å²) in [6, 6.07) is 16.6. The number of anilines is 2. The lowest BCUT2D eigenvalue weighted by Crippen LogP contribution is -2.07. The van der Waals surface area contributed by atoms with E-state index >= 15 is 0 Å². The molecule has 0 bridgehead atoms. The average Bonchev–Trinajstić information content (AvgIpc) is 2.72. The molecule has 0 fully saturated rings. The minimum atomic E-state index is -0.424. The Morgan fingerprint density at radius 3 is 2.28 bits per heavy atom. The molecular weight excluding hydrogens is 366 g/mol. The molecule has 0 atom stereocenters. The number of rotatable bonds is 8. The number of hydrogen-bond acceptors (Lipinski definition) is 6. The van der Waals surface area contributed by atoms with Gasteiger partial charge >= 0.3 is 0 Å². The first-order chi connectivity index (χ1) is 14.0. The molecule has 3 aromatic rings. The molecule has 29 heavy (non-hydrogen) atoms. The molecule has 4 N–H and O–H groups in total. The molecule has 0 aliphatic heterocycles. The van der Waals surface area contributed by atoms with Gasteiger partial charge in [-0.2, -0.15) is 4.98 Å². The van der Waals surface area contributed by atoms with Crippen LogP contribution in [0.4, 0.5) is 17.5 Å². The lowest BCUT2D eigenvalue weighted by Gasteiger charge is -2.09. The molecule has 1 aromatic heterocycles. The van der Waals surface area contributed by atoms with Crippen LogP contribution in [0.3, 0.4) is 0 Å². The standard InChI is InChI=1S/C22H23N5O2/c23-21-19(9-5-4-8-16-6-2-1-3-7-16)20(25-22(24)26-21)15-12-17-10-13-18(14-11-17)27(28)29/h1-3,6-7,10-15H,4-5,8-9H2,(H4,23,24,25,26). The van der Waals surface area contributed by atoms with E-state index in [0.717, 1.165) is 36.8 Å². The minimum Gasteiger partial charge on any atom is -0.383 e. The smallest absolute Gasteiger partial charge is 0.269 e. The normalized spacial score (nSPS) is 11.0. The fourth-order valence-corrected chi connectivity index (χ4v) is 3.09. The van der Waals surface area contributed by atoms with Crippen LogP contribution in [0.15, 0.2) is 54.6 Å². The molecule has 7 nitrogen and oxygen atoms in total. The highest BCUT2D eigenvalue weighted by molar-refractivity contribution is 5.72. The summed E-state index contributed by atoms with van der Waals surface area (Å²) in [6.07, 6.45) is 7.38. The number of nitrogen functional groups attached to an aromatic ring is 2. The Kier molecular flexibility index (Phi) is 6.52. The molecule has 1 heterocycles. The average molecular weight is 389 g/mol. The van der Waals surface area contributed by atoms with Crippen molar-refractivity contribution in [3.8, 4) is 0 Å². The Balaban J connectivity index is 1.70. The molecule has 0 unspecified atom stereocenters. The first kappa shape index (κ1) is 20.0. The van der Waals surface area contributed by atoms with E-state index in [4.69, 9.17) is 11.5 Å². The van der Waals surface area contributed by atoms with Gasteiger partial charge in [0.1, 0.15) is 5.82 Å². The Hall–Kier alpha value is -3.74. The molecule has 0 saturated carbocycles. The van der Waals surface area contributed by atoms with Crippen LogP contribution in [0.2, 0.25) is 0 Å². The summed E-state index contributed by atoms with van der Waals surface area (Å²) >= 11 is 0. The number of benzene rings is 2. The fraction of sp³-hybridized carbons (Fsp3) is 0.182. The Morgan fingerprint density at radius 1 is 0.897 bits per heavy atom. The van der Waals surface area contributed by atoms with Gasteiger partial charge in [0.2, 0.25) is 5.95 Å². The number of nitro benzene ring substituents is 1. The van der Waals surface area contributed by atoms with Gasteiger partial charge in [-0.05, 0) is 55.0 Å². The summed E-state index contributed by atoms with van der Waals surface area (Å²) in [6.45, 7) is 0. The van der Waals surface area contributed by atoms with Gasteiger partial charge in [-0.3, -0.25) is 10.1 Å². The molecule has 0 amide bonds. The van der Waals surface area contributed by atoms with Crippen LogP contribution in [-0.2, 0) is 12.8 Å². The molecule has 7 heteroatoms. The van der Waals surface area contributed by atoms with Crippen LogP contribution < -0.4 is 11.5 Å². The van der Waals surface area contributed by atoms with Gasteiger partial charge in [-0.25, -0.2) is 4.98 Å². The number of non-ortho nitro benzene ring substituents is 1. The van der Waals surface area contributed by atoms with E-state index in [0.29, 0.717) is 11.5 Å². The topological polar surface area (TPSA) is 121 Å². The molecule has 0 aliphatic rings. The Labute approximate surface area is 169 Å². The van der Waals surface area contributed by atoms with Crippen molar-refractivity contribution in [2.24, 2.45) is 0 Å². The number of aromatic nitrogens is 2. The Morgan fingerprint density at radius 2 is 1.59 bits per heavy atom. The lowest BCUT2D eigenvalue weighted by molar-refractivity contribution is -0.384. The summed E-state index contributed by atoms with van der Waals surface area (Å²) in [5.74, 6) is 0.513. The Bertz CT molecular complexity index is 1000. The van der Waals surface area contributed by atoms with E-state index < -0.39 is 4.92 Å². The zero-order valence-corrected chi connectivity index (χ0v) is 16.0. The van der Waals surface area contributed by atoms with Crippen LogP contribution in [0.25, 0.3) is 12.2 Å². The molecule has 2 aromatic carbocycles. The van der Waals surface area contributed by atoms with Crippen LogP contribution in [0.5, 0.6) is 0 Å².